The Labute approximate surface area is 140 Å². The lowest BCUT2D eigenvalue weighted by Crippen LogP contribution is -2.35. The Hall–Kier alpha value is -2.19. The summed E-state index contributed by atoms with van der Waals surface area (Å²) in [6.45, 7) is 2.85. The number of aromatic nitrogens is 1. The van der Waals surface area contributed by atoms with Crippen LogP contribution < -0.4 is 5.32 Å². The lowest BCUT2D eigenvalue weighted by molar-refractivity contribution is 0.102. The van der Waals surface area contributed by atoms with Crippen molar-refractivity contribution in [2.45, 2.75) is 31.1 Å². The number of hydrogen-bond donors (Lipinski definition) is 1. The van der Waals surface area contributed by atoms with E-state index in [1.54, 1.807) is 13.0 Å². The third-order valence-electron chi connectivity index (χ3n) is 3.93. The van der Waals surface area contributed by atoms with Crippen LogP contribution in [0.2, 0.25) is 0 Å². The molecule has 2 aromatic rings. The zero-order valence-corrected chi connectivity index (χ0v) is 14.2. The molecule has 0 unspecified atom stereocenters. The molecule has 1 amide bonds. The van der Waals surface area contributed by atoms with E-state index in [-0.39, 0.29) is 16.7 Å². The fraction of sp³-hybridized carbons (Fsp3) is 0.375. The van der Waals surface area contributed by atoms with Crippen molar-refractivity contribution in [1.82, 2.24) is 9.46 Å². The fourth-order valence-electron chi connectivity index (χ4n) is 2.64. The van der Waals surface area contributed by atoms with Crippen molar-refractivity contribution in [3.63, 3.8) is 0 Å². The molecule has 0 bridgehead atoms. The van der Waals surface area contributed by atoms with Crippen LogP contribution in [0.15, 0.2) is 39.8 Å². The highest BCUT2D eigenvalue weighted by molar-refractivity contribution is 7.89. The van der Waals surface area contributed by atoms with Gasteiger partial charge in [0.1, 0.15) is 0 Å². The predicted molar refractivity (Wildman–Crippen MR) is 88.2 cm³/mol. The molecule has 1 aliphatic rings. The average molecular weight is 349 g/mol. The Morgan fingerprint density at radius 2 is 1.83 bits per heavy atom. The highest BCUT2D eigenvalue weighted by Gasteiger charge is 2.25. The number of sulfonamides is 1. The number of nitrogens with zero attached hydrogens (tertiary/aromatic N) is 2. The van der Waals surface area contributed by atoms with Crippen LogP contribution >= 0.6 is 0 Å². The lowest BCUT2D eigenvalue weighted by Gasteiger charge is -2.25. The maximum Gasteiger partial charge on any atom is 0.258 e. The van der Waals surface area contributed by atoms with Gasteiger partial charge in [-0.25, -0.2) is 8.42 Å². The number of amides is 1. The molecular formula is C16H19N3O4S. The molecule has 1 aromatic heterocycles. The van der Waals surface area contributed by atoms with E-state index in [1.807, 2.05) is 0 Å². The molecule has 0 radical (unpaired) electrons. The standard InChI is InChI=1S/C16H19N3O4S/c1-12-11-15(23-18-12)17-16(20)13-5-7-14(8-6-13)24(21,22)19-9-3-2-4-10-19/h5-8,11H,2-4,9-10H2,1H3,(H,17,20). The van der Waals surface area contributed by atoms with Gasteiger partial charge in [-0.1, -0.05) is 11.6 Å². The first-order valence-corrected chi connectivity index (χ1v) is 9.26. The number of carbonyl (C=O) groups excluding carboxylic acids is 1. The number of anilines is 1. The first kappa shape index (κ1) is 16.7. The molecule has 24 heavy (non-hydrogen) atoms. The molecular weight excluding hydrogens is 330 g/mol. The Kier molecular flexibility index (Phi) is 4.68. The van der Waals surface area contributed by atoms with Crippen molar-refractivity contribution in [1.29, 1.82) is 0 Å². The highest BCUT2D eigenvalue weighted by atomic mass is 32.2. The molecule has 0 saturated carbocycles. The molecule has 1 aromatic carbocycles. The predicted octanol–water partition coefficient (Wildman–Crippen LogP) is 2.41. The third-order valence-corrected chi connectivity index (χ3v) is 5.85. The summed E-state index contributed by atoms with van der Waals surface area (Å²) < 4.78 is 31.6. The largest absolute Gasteiger partial charge is 0.338 e. The van der Waals surface area contributed by atoms with Crippen LogP contribution in [0, 0.1) is 6.92 Å². The van der Waals surface area contributed by atoms with E-state index in [4.69, 9.17) is 4.52 Å². The maximum atomic E-state index is 12.6. The van der Waals surface area contributed by atoms with Crippen molar-refractivity contribution < 1.29 is 17.7 Å². The van der Waals surface area contributed by atoms with Crippen molar-refractivity contribution in [3.05, 3.63) is 41.6 Å². The zero-order chi connectivity index (χ0) is 17.2. The van der Waals surface area contributed by atoms with Crippen LogP contribution in [0.3, 0.4) is 0 Å². The molecule has 0 aliphatic carbocycles. The van der Waals surface area contributed by atoms with Gasteiger partial charge in [0.05, 0.1) is 10.6 Å². The normalized spacial score (nSPS) is 16.0. The van der Waals surface area contributed by atoms with Crippen LogP contribution in [-0.4, -0.2) is 36.9 Å². The van der Waals surface area contributed by atoms with E-state index < -0.39 is 10.0 Å². The van der Waals surface area contributed by atoms with Crippen LogP contribution in [0.25, 0.3) is 0 Å². The van der Waals surface area contributed by atoms with Gasteiger partial charge in [0.2, 0.25) is 15.9 Å². The van der Waals surface area contributed by atoms with Crippen molar-refractivity contribution in [2.24, 2.45) is 0 Å². The van der Waals surface area contributed by atoms with E-state index >= 15 is 0 Å². The summed E-state index contributed by atoms with van der Waals surface area (Å²) in [5, 5.41) is 6.26. The van der Waals surface area contributed by atoms with Gasteiger partial charge in [-0.2, -0.15) is 4.31 Å². The van der Waals surface area contributed by atoms with Crippen molar-refractivity contribution in [3.8, 4) is 0 Å². The summed E-state index contributed by atoms with van der Waals surface area (Å²) in [4.78, 5) is 12.3. The molecule has 8 heteroatoms. The van der Waals surface area contributed by atoms with Gasteiger partial charge in [-0.3, -0.25) is 10.1 Å². The number of benzene rings is 1. The summed E-state index contributed by atoms with van der Waals surface area (Å²) >= 11 is 0. The van der Waals surface area contributed by atoms with Gasteiger partial charge in [0, 0.05) is 24.7 Å². The molecule has 1 aliphatic heterocycles. The summed E-state index contributed by atoms with van der Waals surface area (Å²) in [5.74, 6) is -0.129. The van der Waals surface area contributed by atoms with Gasteiger partial charge in [0.15, 0.2) is 0 Å². The molecule has 2 heterocycles. The third kappa shape index (κ3) is 3.49. The minimum atomic E-state index is -3.49. The van der Waals surface area contributed by atoms with E-state index in [1.165, 1.54) is 28.6 Å². The van der Waals surface area contributed by atoms with Gasteiger partial charge in [0.25, 0.3) is 5.91 Å². The monoisotopic (exact) mass is 349 g/mol. The molecule has 1 fully saturated rings. The van der Waals surface area contributed by atoms with Crippen LogP contribution in [0.4, 0.5) is 5.88 Å². The van der Waals surface area contributed by atoms with Crippen LogP contribution in [-0.2, 0) is 10.0 Å². The average Bonchev–Trinajstić information content (AvgIpc) is 3.00. The highest BCUT2D eigenvalue weighted by Crippen LogP contribution is 2.21. The molecule has 0 atom stereocenters. The topological polar surface area (TPSA) is 92.5 Å². The summed E-state index contributed by atoms with van der Waals surface area (Å²) in [5.41, 5.74) is 1.01. The maximum absolute atomic E-state index is 12.6. The molecule has 0 spiro atoms. The van der Waals surface area contributed by atoms with Crippen molar-refractivity contribution >= 4 is 21.8 Å². The Balaban J connectivity index is 1.73. The zero-order valence-electron chi connectivity index (χ0n) is 13.4. The summed E-state index contributed by atoms with van der Waals surface area (Å²) in [6.07, 6.45) is 2.83. The molecule has 1 saturated heterocycles. The first-order valence-electron chi connectivity index (χ1n) is 7.82. The summed E-state index contributed by atoms with van der Waals surface area (Å²) in [6, 6.07) is 7.52. The SMILES string of the molecule is Cc1cc(NC(=O)c2ccc(S(=O)(=O)N3CCCCC3)cc2)on1. The van der Waals surface area contributed by atoms with E-state index in [2.05, 4.69) is 10.5 Å². The van der Waals surface area contributed by atoms with E-state index in [0.717, 1.165) is 19.3 Å². The molecule has 128 valence electrons. The number of carbonyl (C=O) groups is 1. The van der Waals surface area contributed by atoms with Crippen LogP contribution in [0.5, 0.6) is 0 Å². The second-order valence-electron chi connectivity index (χ2n) is 5.78. The Morgan fingerprint density at radius 3 is 2.42 bits per heavy atom. The fourth-order valence-corrected chi connectivity index (χ4v) is 4.16. The smallest absolute Gasteiger partial charge is 0.258 e. The minimum absolute atomic E-state index is 0.205. The number of hydrogen-bond acceptors (Lipinski definition) is 5. The van der Waals surface area contributed by atoms with Gasteiger partial charge >= 0.3 is 0 Å². The lowest BCUT2D eigenvalue weighted by atomic mass is 10.2. The second-order valence-corrected chi connectivity index (χ2v) is 7.71. The molecule has 3 rings (SSSR count). The van der Waals surface area contributed by atoms with Crippen LogP contribution in [0.1, 0.15) is 35.3 Å². The number of piperidine rings is 1. The van der Waals surface area contributed by atoms with Gasteiger partial charge in [-0.15, -0.1) is 0 Å². The molecule has 7 nitrogen and oxygen atoms in total. The quantitative estimate of drug-likeness (QED) is 0.915. The van der Waals surface area contributed by atoms with Crippen molar-refractivity contribution in [2.75, 3.05) is 18.4 Å². The first-order chi connectivity index (χ1) is 11.5. The minimum Gasteiger partial charge on any atom is -0.338 e. The number of rotatable bonds is 4. The van der Waals surface area contributed by atoms with Gasteiger partial charge in [-0.05, 0) is 44.0 Å². The molecule has 1 N–H and O–H groups in total. The summed E-state index contributed by atoms with van der Waals surface area (Å²) in [7, 11) is -3.49. The number of nitrogens with one attached hydrogen (secondary N) is 1. The number of aryl methyl sites for hydroxylation is 1. The van der Waals surface area contributed by atoms with Gasteiger partial charge < -0.3 is 4.52 Å². The second kappa shape index (κ2) is 6.74. The Bertz CT molecular complexity index is 821. The van der Waals surface area contributed by atoms with E-state index in [0.29, 0.717) is 24.3 Å². The van der Waals surface area contributed by atoms with E-state index in [9.17, 15) is 13.2 Å². The Morgan fingerprint density at radius 1 is 1.17 bits per heavy atom.